The molecule has 2 heterocycles. The highest BCUT2D eigenvalue weighted by molar-refractivity contribution is 7.91. The van der Waals surface area contributed by atoms with E-state index in [-0.39, 0.29) is 17.8 Å². The lowest BCUT2D eigenvalue weighted by Crippen LogP contribution is -2.48. The van der Waals surface area contributed by atoms with Crippen LogP contribution in [0.5, 0.6) is 0 Å². The third-order valence-corrected chi connectivity index (χ3v) is 6.27. The molecule has 0 spiro atoms. The smallest absolute Gasteiger partial charge is 0.153 e. The number of hydrogen-bond donors (Lipinski definition) is 1. The van der Waals surface area contributed by atoms with Gasteiger partial charge in [-0.05, 0) is 50.6 Å². The van der Waals surface area contributed by atoms with E-state index in [9.17, 15) is 8.42 Å². The van der Waals surface area contributed by atoms with Crippen molar-refractivity contribution < 1.29 is 8.42 Å². The zero-order valence-electron chi connectivity index (χ0n) is 12.6. The van der Waals surface area contributed by atoms with E-state index in [0.29, 0.717) is 5.75 Å². The van der Waals surface area contributed by atoms with Crippen LogP contribution in [0.2, 0.25) is 0 Å². The zero-order valence-corrected chi connectivity index (χ0v) is 13.4. The predicted octanol–water partition coefficient (Wildman–Crippen LogP) is 2.06. The van der Waals surface area contributed by atoms with Gasteiger partial charge in [-0.1, -0.05) is 18.6 Å². The minimum Gasteiger partial charge on any atom is -0.380 e. The van der Waals surface area contributed by atoms with Gasteiger partial charge in [0.15, 0.2) is 9.84 Å². The van der Waals surface area contributed by atoms with Gasteiger partial charge in [0.1, 0.15) is 0 Å². The highest BCUT2D eigenvalue weighted by Crippen LogP contribution is 2.25. The molecule has 2 aliphatic heterocycles. The van der Waals surface area contributed by atoms with E-state index < -0.39 is 9.84 Å². The molecule has 0 radical (unpaired) electrons. The molecule has 5 heteroatoms. The Balaban J connectivity index is 1.77. The second-order valence-electron chi connectivity index (χ2n) is 6.36. The van der Waals surface area contributed by atoms with Crippen molar-refractivity contribution in [2.24, 2.45) is 0 Å². The van der Waals surface area contributed by atoms with E-state index in [4.69, 9.17) is 0 Å². The first-order valence-corrected chi connectivity index (χ1v) is 9.63. The standard InChI is InChI=1S/C16H24N2O2S/c1-13-6-5-7-14(10-13)17-15-11-21(19,20)12-16(15)18-8-3-2-4-9-18/h5-7,10,15-17H,2-4,8-9,11-12H2,1H3. The van der Waals surface area contributed by atoms with E-state index in [2.05, 4.69) is 29.3 Å². The van der Waals surface area contributed by atoms with Crippen LogP contribution in [0.1, 0.15) is 24.8 Å². The van der Waals surface area contributed by atoms with Crippen molar-refractivity contribution in [1.82, 2.24) is 4.90 Å². The van der Waals surface area contributed by atoms with Crippen molar-refractivity contribution in [3.8, 4) is 0 Å². The molecule has 4 nitrogen and oxygen atoms in total. The third-order valence-electron chi connectivity index (χ3n) is 4.55. The molecule has 2 unspecified atom stereocenters. The van der Waals surface area contributed by atoms with Gasteiger partial charge in [-0.25, -0.2) is 8.42 Å². The van der Waals surface area contributed by atoms with Crippen LogP contribution in [-0.2, 0) is 9.84 Å². The van der Waals surface area contributed by atoms with Crippen LogP contribution in [0.25, 0.3) is 0 Å². The van der Waals surface area contributed by atoms with Crippen molar-refractivity contribution in [3.63, 3.8) is 0 Å². The van der Waals surface area contributed by atoms with Crippen LogP contribution in [0.3, 0.4) is 0 Å². The second kappa shape index (κ2) is 5.97. The first-order valence-electron chi connectivity index (χ1n) is 7.81. The maximum Gasteiger partial charge on any atom is 0.153 e. The molecular formula is C16H24N2O2S. The van der Waals surface area contributed by atoms with Gasteiger partial charge < -0.3 is 5.32 Å². The molecule has 2 atom stereocenters. The van der Waals surface area contributed by atoms with Crippen molar-refractivity contribution in [2.45, 2.75) is 38.3 Å². The summed E-state index contributed by atoms with van der Waals surface area (Å²) in [5, 5.41) is 3.46. The summed E-state index contributed by atoms with van der Waals surface area (Å²) in [6, 6.07) is 8.30. The first kappa shape index (κ1) is 14.9. The number of likely N-dealkylation sites (tertiary alicyclic amines) is 1. The summed E-state index contributed by atoms with van der Waals surface area (Å²) in [4.78, 5) is 2.38. The fourth-order valence-electron chi connectivity index (χ4n) is 3.53. The van der Waals surface area contributed by atoms with Crippen LogP contribution >= 0.6 is 0 Å². The minimum absolute atomic E-state index is 0.00917. The Morgan fingerprint density at radius 2 is 1.90 bits per heavy atom. The highest BCUT2D eigenvalue weighted by Gasteiger charge is 2.41. The molecule has 116 valence electrons. The Morgan fingerprint density at radius 3 is 2.62 bits per heavy atom. The summed E-state index contributed by atoms with van der Waals surface area (Å²) < 4.78 is 24.2. The summed E-state index contributed by atoms with van der Waals surface area (Å²) in [6.07, 6.45) is 3.65. The van der Waals surface area contributed by atoms with Crippen LogP contribution < -0.4 is 5.32 Å². The van der Waals surface area contributed by atoms with Gasteiger partial charge in [0.2, 0.25) is 0 Å². The van der Waals surface area contributed by atoms with Crippen LogP contribution in [0, 0.1) is 6.92 Å². The summed E-state index contributed by atoms with van der Waals surface area (Å²) >= 11 is 0. The fraction of sp³-hybridized carbons (Fsp3) is 0.625. The molecule has 0 aliphatic carbocycles. The van der Waals surface area contributed by atoms with Gasteiger partial charge in [0.25, 0.3) is 0 Å². The summed E-state index contributed by atoms with van der Waals surface area (Å²) in [5.74, 6) is 0.554. The van der Waals surface area contributed by atoms with Crippen molar-refractivity contribution in [1.29, 1.82) is 0 Å². The average Bonchev–Trinajstić information content (AvgIpc) is 2.75. The quantitative estimate of drug-likeness (QED) is 0.928. The number of rotatable bonds is 3. The maximum atomic E-state index is 12.1. The number of aryl methyl sites for hydroxylation is 1. The fourth-order valence-corrected chi connectivity index (χ4v) is 5.48. The van der Waals surface area contributed by atoms with Crippen molar-refractivity contribution in [3.05, 3.63) is 29.8 Å². The normalized spacial score (nSPS) is 29.4. The lowest BCUT2D eigenvalue weighted by molar-refractivity contribution is 0.170. The van der Waals surface area contributed by atoms with Gasteiger partial charge in [0, 0.05) is 11.7 Å². The van der Waals surface area contributed by atoms with E-state index >= 15 is 0 Å². The number of anilines is 1. The molecule has 0 amide bonds. The number of nitrogens with zero attached hydrogens (tertiary/aromatic N) is 1. The Kier molecular flexibility index (Phi) is 4.22. The van der Waals surface area contributed by atoms with Gasteiger partial charge in [-0.15, -0.1) is 0 Å². The number of benzene rings is 1. The molecule has 2 fully saturated rings. The predicted molar refractivity (Wildman–Crippen MR) is 86.5 cm³/mol. The van der Waals surface area contributed by atoms with Crippen LogP contribution in [-0.4, -0.2) is 50.0 Å². The second-order valence-corrected chi connectivity index (χ2v) is 8.51. The van der Waals surface area contributed by atoms with Gasteiger partial charge in [-0.2, -0.15) is 0 Å². The van der Waals surface area contributed by atoms with Crippen LogP contribution in [0.4, 0.5) is 5.69 Å². The summed E-state index contributed by atoms with van der Waals surface area (Å²) in [5.41, 5.74) is 2.22. The number of nitrogens with one attached hydrogen (secondary N) is 1. The molecule has 1 aromatic rings. The molecule has 0 saturated carbocycles. The zero-order chi connectivity index (χ0) is 14.9. The largest absolute Gasteiger partial charge is 0.380 e. The van der Waals surface area contributed by atoms with Gasteiger partial charge in [0.05, 0.1) is 17.5 Å². The molecule has 0 bridgehead atoms. The van der Waals surface area contributed by atoms with E-state index in [1.165, 1.54) is 24.8 Å². The van der Waals surface area contributed by atoms with E-state index in [1.54, 1.807) is 0 Å². The molecule has 21 heavy (non-hydrogen) atoms. The topological polar surface area (TPSA) is 49.4 Å². The Bertz CT molecular complexity index is 594. The molecule has 1 aromatic carbocycles. The van der Waals surface area contributed by atoms with Crippen LogP contribution in [0.15, 0.2) is 24.3 Å². The number of piperidine rings is 1. The number of hydrogen-bond acceptors (Lipinski definition) is 4. The molecule has 2 aliphatic rings. The highest BCUT2D eigenvalue weighted by atomic mass is 32.2. The average molecular weight is 308 g/mol. The summed E-state index contributed by atoms with van der Waals surface area (Å²) in [7, 11) is -2.93. The molecule has 2 saturated heterocycles. The lowest BCUT2D eigenvalue weighted by Gasteiger charge is -2.35. The maximum absolute atomic E-state index is 12.1. The van der Waals surface area contributed by atoms with Gasteiger partial charge >= 0.3 is 0 Å². The van der Waals surface area contributed by atoms with Gasteiger partial charge in [-0.3, -0.25) is 4.90 Å². The molecule has 0 aromatic heterocycles. The van der Waals surface area contributed by atoms with Crippen molar-refractivity contribution >= 4 is 15.5 Å². The SMILES string of the molecule is Cc1cccc(NC2CS(=O)(=O)CC2N2CCCCC2)c1. The Labute approximate surface area is 127 Å². The third kappa shape index (κ3) is 3.58. The van der Waals surface area contributed by atoms with Crippen molar-refractivity contribution in [2.75, 3.05) is 29.9 Å². The Morgan fingerprint density at radius 1 is 1.14 bits per heavy atom. The molecule has 1 N–H and O–H groups in total. The monoisotopic (exact) mass is 308 g/mol. The lowest BCUT2D eigenvalue weighted by atomic mass is 10.0. The molecule has 3 rings (SSSR count). The van der Waals surface area contributed by atoms with E-state index in [0.717, 1.165) is 18.8 Å². The molecular weight excluding hydrogens is 284 g/mol. The Hall–Kier alpha value is -1.07. The minimum atomic E-state index is -2.93. The number of sulfone groups is 1. The van der Waals surface area contributed by atoms with E-state index in [1.807, 2.05) is 12.1 Å². The summed E-state index contributed by atoms with van der Waals surface area (Å²) in [6.45, 7) is 4.12. The first-order chi connectivity index (χ1) is 10.0.